The Morgan fingerprint density at radius 1 is 0.500 bits per heavy atom. The molecule has 6 aromatic carbocycles. The third kappa shape index (κ3) is 12.8. The zero-order chi connectivity index (χ0) is 44.2. The molecule has 2 N–H and O–H groups in total. The fourth-order valence-corrected chi connectivity index (χ4v) is 6.51. The van der Waals surface area contributed by atoms with Crippen LogP contribution in [0.25, 0.3) is 0 Å². The van der Waals surface area contributed by atoms with Gasteiger partial charge in [-0.05, 0) is 71.8 Å². The molecule has 0 amide bonds. The van der Waals surface area contributed by atoms with Gasteiger partial charge in [-0.1, -0.05) is 84.9 Å². The van der Waals surface area contributed by atoms with Gasteiger partial charge in [0.15, 0.2) is 34.2 Å². The molecule has 6 aromatic rings. The third-order valence-electron chi connectivity index (χ3n) is 9.81. The van der Waals surface area contributed by atoms with Gasteiger partial charge in [0.1, 0.15) is 24.2 Å². The van der Waals surface area contributed by atoms with E-state index < -0.39 is 24.4 Å². The molecule has 12 heteroatoms. The summed E-state index contributed by atoms with van der Waals surface area (Å²) in [6, 6.07) is 40.7. The standard InChI is InChI=1S/C26H27FO5.C24H23FO5/c1-29-18-26(19-30-2,22-6-4-3-5-7-22)32-25-16-21(17-28)10-13-24(25)31-15-14-20-8-11-23(27)12-9-20;25-21-9-6-18(7-10-21)12-13-29-22-11-8-19(15-26)14-23(22)30-24(16-27,17-28)20-4-2-1-3-5-20/h3-13,16-17H,14-15,18-19H2,1-2H3;1-11,14-15,27-28H,12-13,16-17H2. The molecule has 62 heavy (non-hydrogen) atoms. The van der Waals surface area contributed by atoms with Gasteiger partial charge in [0.05, 0.1) is 39.6 Å². The maximum Gasteiger partial charge on any atom is 0.180 e. The summed E-state index contributed by atoms with van der Waals surface area (Å²) in [7, 11) is 3.19. The van der Waals surface area contributed by atoms with Crippen molar-refractivity contribution in [1.82, 2.24) is 0 Å². The van der Waals surface area contributed by atoms with Crippen molar-refractivity contribution in [3.63, 3.8) is 0 Å². The van der Waals surface area contributed by atoms with Crippen LogP contribution < -0.4 is 18.9 Å². The Morgan fingerprint density at radius 2 is 0.887 bits per heavy atom. The van der Waals surface area contributed by atoms with Gasteiger partial charge in [0.2, 0.25) is 0 Å². The van der Waals surface area contributed by atoms with Crippen LogP contribution in [0.3, 0.4) is 0 Å². The summed E-state index contributed by atoms with van der Waals surface area (Å²) in [6.45, 7) is 0.145. The van der Waals surface area contributed by atoms with Crippen molar-refractivity contribution < 1.29 is 57.0 Å². The minimum atomic E-state index is -1.40. The van der Waals surface area contributed by atoms with E-state index >= 15 is 0 Å². The van der Waals surface area contributed by atoms with Gasteiger partial charge in [-0.15, -0.1) is 0 Å². The van der Waals surface area contributed by atoms with Gasteiger partial charge in [0.25, 0.3) is 0 Å². The highest BCUT2D eigenvalue weighted by Gasteiger charge is 2.37. The minimum absolute atomic E-state index is 0.227. The first kappa shape index (κ1) is 46.6. The molecule has 0 aliphatic rings. The molecular formula is C50H50F2O10. The first-order valence-corrected chi connectivity index (χ1v) is 19.8. The van der Waals surface area contributed by atoms with Crippen LogP contribution in [0.4, 0.5) is 8.78 Å². The van der Waals surface area contributed by atoms with Crippen molar-refractivity contribution in [3.8, 4) is 23.0 Å². The van der Waals surface area contributed by atoms with E-state index in [4.69, 9.17) is 28.4 Å². The van der Waals surface area contributed by atoms with Gasteiger partial charge < -0.3 is 38.6 Å². The highest BCUT2D eigenvalue weighted by Crippen LogP contribution is 2.37. The number of aliphatic hydroxyl groups is 2. The number of ether oxygens (including phenoxy) is 6. The maximum atomic E-state index is 13.1. The van der Waals surface area contributed by atoms with Crippen molar-refractivity contribution >= 4 is 12.6 Å². The summed E-state index contributed by atoms with van der Waals surface area (Å²) >= 11 is 0. The second-order valence-corrected chi connectivity index (χ2v) is 14.2. The van der Waals surface area contributed by atoms with Crippen LogP contribution in [-0.4, -0.2) is 76.6 Å². The summed E-state index contributed by atoms with van der Waals surface area (Å²) in [5, 5.41) is 20.1. The number of rotatable bonds is 22. The predicted molar refractivity (Wildman–Crippen MR) is 230 cm³/mol. The SMILES string of the molecule is COCC(COC)(Oc1cc(C=O)ccc1OCCc1ccc(F)cc1)c1ccccc1.O=Cc1ccc(OCCc2ccc(F)cc2)c(OC(CO)(CO)c2ccccc2)c1. The number of hydrogen-bond acceptors (Lipinski definition) is 10. The molecule has 0 radical (unpaired) electrons. The van der Waals surface area contributed by atoms with E-state index in [9.17, 15) is 28.6 Å². The zero-order valence-electron chi connectivity index (χ0n) is 34.6. The Balaban J connectivity index is 0.000000235. The van der Waals surface area contributed by atoms with Crippen LogP contribution >= 0.6 is 0 Å². The zero-order valence-corrected chi connectivity index (χ0v) is 34.6. The molecule has 0 heterocycles. The van der Waals surface area contributed by atoms with E-state index in [0.717, 1.165) is 23.0 Å². The van der Waals surface area contributed by atoms with Crippen molar-refractivity contribution in [3.05, 3.63) is 191 Å². The lowest BCUT2D eigenvalue weighted by Gasteiger charge is -2.34. The molecule has 0 aliphatic carbocycles. The van der Waals surface area contributed by atoms with E-state index in [2.05, 4.69) is 0 Å². The predicted octanol–water partition coefficient (Wildman–Crippen LogP) is 8.35. The number of aldehydes is 2. The Labute approximate surface area is 360 Å². The minimum Gasteiger partial charge on any atom is -0.489 e. The first-order chi connectivity index (χ1) is 30.2. The third-order valence-corrected chi connectivity index (χ3v) is 9.81. The van der Waals surface area contributed by atoms with Crippen LogP contribution in [0, 0.1) is 11.6 Å². The van der Waals surface area contributed by atoms with Crippen LogP contribution in [0.15, 0.2) is 146 Å². The van der Waals surface area contributed by atoms with Crippen molar-refractivity contribution in [2.45, 2.75) is 24.0 Å². The van der Waals surface area contributed by atoms with Gasteiger partial charge >= 0.3 is 0 Å². The highest BCUT2D eigenvalue weighted by atomic mass is 19.1. The Kier molecular flexibility index (Phi) is 17.7. The maximum absolute atomic E-state index is 13.1. The number of hydrogen-bond donors (Lipinski definition) is 2. The van der Waals surface area contributed by atoms with E-state index in [1.54, 1.807) is 93.1 Å². The lowest BCUT2D eigenvalue weighted by atomic mass is 9.95. The van der Waals surface area contributed by atoms with Gasteiger partial charge in [0, 0.05) is 49.3 Å². The normalized spacial score (nSPS) is 11.2. The van der Waals surface area contributed by atoms with Gasteiger partial charge in [-0.2, -0.15) is 0 Å². The molecule has 324 valence electrons. The second-order valence-electron chi connectivity index (χ2n) is 14.2. The molecule has 0 saturated heterocycles. The molecular weight excluding hydrogens is 799 g/mol. The average molecular weight is 849 g/mol. The van der Waals surface area contributed by atoms with E-state index in [1.807, 2.05) is 36.4 Å². The summed E-state index contributed by atoms with van der Waals surface area (Å²) in [4.78, 5) is 22.7. The fourth-order valence-electron chi connectivity index (χ4n) is 6.51. The van der Waals surface area contributed by atoms with Crippen LogP contribution in [0.5, 0.6) is 23.0 Å². The number of carbonyl (C=O) groups excluding carboxylic acids is 2. The number of carbonyl (C=O) groups is 2. The fraction of sp³-hybridized carbons (Fsp3) is 0.240. The molecule has 10 nitrogen and oxygen atoms in total. The molecule has 0 fully saturated rings. The number of halogens is 2. The van der Waals surface area contributed by atoms with Gasteiger partial charge in [-0.25, -0.2) is 8.78 Å². The number of benzene rings is 6. The second kappa shape index (κ2) is 23.5. The molecule has 0 unspecified atom stereocenters. The number of aliphatic hydroxyl groups excluding tert-OH is 2. The van der Waals surface area contributed by atoms with E-state index in [1.165, 1.54) is 30.3 Å². The van der Waals surface area contributed by atoms with Gasteiger partial charge in [-0.3, -0.25) is 9.59 Å². The lowest BCUT2D eigenvalue weighted by molar-refractivity contribution is -0.0647. The summed E-state index contributed by atoms with van der Waals surface area (Å²) in [5.74, 6) is 0.917. The topological polar surface area (TPSA) is 130 Å². The largest absolute Gasteiger partial charge is 0.489 e. The molecule has 6 rings (SSSR count). The Morgan fingerprint density at radius 3 is 1.26 bits per heavy atom. The molecule has 0 spiro atoms. The van der Waals surface area contributed by atoms with E-state index in [-0.39, 0.29) is 30.6 Å². The molecule has 0 saturated carbocycles. The summed E-state index contributed by atoms with van der Waals surface area (Å²) in [5.41, 5.74) is 1.81. The first-order valence-electron chi connectivity index (χ1n) is 19.8. The van der Waals surface area contributed by atoms with E-state index in [0.29, 0.717) is 66.3 Å². The number of methoxy groups -OCH3 is 2. The quantitative estimate of drug-likeness (QED) is 0.0644. The smallest absolute Gasteiger partial charge is 0.180 e. The molecule has 0 bridgehead atoms. The van der Waals surface area contributed by atoms with Crippen molar-refractivity contribution in [2.24, 2.45) is 0 Å². The highest BCUT2D eigenvalue weighted by molar-refractivity contribution is 5.77. The monoisotopic (exact) mass is 848 g/mol. The molecule has 0 aliphatic heterocycles. The van der Waals surface area contributed by atoms with Crippen molar-refractivity contribution in [1.29, 1.82) is 0 Å². The average Bonchev–Trinajstić information content (AvgIpc) is 3.31. The molecule has 0 aromatic heterocycles. The van der Waals surface area contributed by atoms with Crippen LogP contribution in [-0.2, 0) is 33.5 Å². The lowest BCUT2D eigenvalue weighted by Crippen LogP contribution is -2.42. The summed E-state index contributed by atoms with van der Waals surface area (Å²) < 4.78 is 61.5. The van der Waals surface area contributed by atoms with Crippen molar-refractivity contribution in [2.75, 3.05) is 53.9 Å². The summed E-state index contributed by atoms with van der Waals surface area (Å²) in [6.07, 6.45) is 2.57. The van der Waals surface area contributed by atoms with Crippen LogP contribution in [0.1, 0.15) is 43.0 Å². The molecule has 0 atom stereocenters. The Hall–Kier alpha value is -6.44. The Bertz CT molecular complexity index is 2260. The van der Waals surface area contributed by atoms with Crippen LogP contribution in [0.2, 0.25) is 0 Å².